The van der Waals surface area contributed by atoms with E-state index in [0.29, 0.717) is 18.3 Å². The van der Waals surface area contributed by atoms with Crippen LogP contribution in [0.4, 0.5) is 11.4 Å². The van der Waals surface area contributed by atoms with Gasteiger partial charge < -0.3 is 10.1 Å². The Morgan fingerprint density at radius 2 is 1.71 bits per heavy atom. The van der Waals surface area contributed by atoms with Gasteiger partial charge >= 0.3 is 0 Å². The van der Waals surface area contributed by atoms with Gasteiger partial charge in [0.25, 0.3) is 0 Å². The van der Waals surface area contributed by atoms with Crippen molar-refractivity contribution in [2.45, 2.75) is 63.9 Å². The molecule has 2 aromatic rings. The van der Waals surface area contributed by atoms with E-state index in [1.807, 2.05) is 36.4 Å². The molecular weight excluding hydrogens is 372 g/mol. The number of ether oxygens (including phenoxy) is 1. The van der Waals surface area contributed by atoms with Crippen LogP contribution in [-0.4, -0.2) is 19.8 Å². The van der Waals surface area contributed by atoms with Gasteiger partial charge in [-0.05, 0) is 69.4 Å². The minimum atomic E-state index is -3.32. The summed E-state index contributed by atoms with van der Waals surface area (Å²) >= 11 is 0. The molecule has 1 aliphatic rings. The standard InChI is InChI=1S/C22H30N2O3S/c1-17(2)28(25,26)24-19-13-11-18(12-14-19)16-23-20-7-6-10-22(15-20)27-21-8-4-3-5-9-21/h6-7,10-15,17,21,23-24H,3-5,8-9,16H2,1-2H3. The van der Waals surface area contributed by atoms with Crippen LogP contribution in [0.3, 0.4) is 0 Å². The molecule has 2 aromatic carbocycles. The number of nitrogens with one attached hydrogen (secondary N) is 2. The van der Waals surface area contributed by atoms with E-state index in [-0.39, 0.29) is 0 Å². The molecule has 3 rings (SSSR count). The average molecular weight is 403 g/mol. The smallest absolute Gasteiger partial charge is 0.235 e. The Hall–Kier alpha value is -2.21. The lowest BCUT2D eigenvalue weighted by Gasteiger charge is -2.23. The van der Waals surface area contributed by atoms with Gasteiger partial charge in [0, 0.05) is 24.0 Å². The lowest BCUT2D eigenvalue weighted by atomic mass is 9.98. The van der Waals surface area contributed by atoms with Crippen LogP contribution in [0.1, 0.15) is 51.5 Å². The molecule has 6 heteroatoms. The molecule has 28 heavy (non-hydrogen) atoms. The molecule has 0 heterocycles. The van der Waals surface area contributed by atoms with Crippen LogP contribution < -0.4 is 14.8 Å². The molecule has 0 aliphatic heterocycles. The number of hydrogen-bond acceptors (Lipinski definition) is 4. The van der Waals surface area contributed by atoms with Crippen LogP contribution in [0, 0.1) is 0 Å². The maximum Gasteiger partial charge on any atom is 0.235 e. The fraction of sp³-hybridized carbons (Fsp3) is 0.455. The summed E-state index contributed by atoms with van der Waals surface area (Å²) in [5.74, 6) is 0.912. The molecule has 2 N–H and O–H groups in total. The van der Waals surface area contributed by atoms with E-state index in [0.717, 1.165) is 29.8 Å². The summed E-state index contributed by atoms with van der Waals surface area (Å²) in [4.78, 5) is 0. The molecule has 1 aliphatic carbocycles. The molecule has 0 spiro atoms. The molecule has 0 aromatic heterocycles. The maximum atomic E-state index is 11.9. The third kappa shape index (κ3) is 5.89. The van der Waals surface area contributed by atoms with E-state index in [9.17, 15) is 8.42 Å². The molecule has 0 unspecified atom stereocenters. The first-order chi connectivity index (χ1) is 13.4. The first kappa shape index (κ1) is 20.5. The van der Waals surface area contributed by atoms with Crippen LogP contribution in [0.25, 0.3) is 0 Å². The second kappa shape index (κ2) is 9.32. The summed E-state index contributed by atoms with van der Waals surface area (Å²) in [6, 6.07) is 15.5. The van der Waals surface area contributed by atoms with Crippen molar-refractivity contribution in [2.75, 3.05) is 10.0 Å². The summed E-state index contributed by atoms with van der Waals surface area (Å²) in [6.07, 6.45) is 6.46. The minimum Gasteiger partial charge on any atom is -0.490 e. The molecule has 152 valence electrons. The Morgan fingerprint density at radius 1 is 1.00 bits per heavy atom. The number of anilines is 2. The summed E-state index contributed by atoms with van der Waals surface area (Å²) < 4.78 is 32.6. The van der Waals surface area contributed by atoms with E-state index < -0.39 is 15.3 Å². The fourth-order valence-corrected chi connectivity index (χ4v) is 3.93. The lowest BCUT2D eigenvalue weighted by Crippen LogP contribution is -2.22. The molecule has 5 nitrogen and oxygen atoms in total. The third-order valence-corrected chi connectivity index (χ3v) is 6.78. The zero-order valence-corrected chi connectivity index (χ0v) is 17.5. The summed E-state index contributed by atoms with van der Waals surface area (Å²) in [7, 11) is -3.32. The van der Waals surface area contributed by atoms with Crippen molar-refractivity contribution in [3.05, 3.63) is 54.1 Å². The first-order valence-electron chi connectivity index (χ1n) is 10.0. The van der Waals surface area contributed by atoms with Gasteiger partial charge in [-0.1, -0.05) is 24.6 Å². The van der Waals surface area contributed by atoms with Crippen LogP contribution in [0.5, 0.6) is 5.75 Å². The van der Waals surface area contributed by atoms with Gasteiger partial charge in [-0.25, -0.2) is 8.42 Å². The van der Waals surface area contributed by atoms with E-state index >= 15 is 0 Å². The zero-order chi connectivity index (χ0) is 20.0. The van der Waals surface area contributed by atoms with Gasteiger partial charge in [-0.2, -0.15) is 0 Å². The predicted octanol–water partition coefficient (Wildman–Crippen LogP) is 5.16. The van der Waals surface area contributed by atoms with Crippen molar-refractivity contribution < 1.29 is 13.2 Å². The average Bonchev–Trinajstić information content (AvgIpc) is 2.68. The van der Waals surface area contributed by atoms with Crippen LogP contribution in [0.2, 0.25) is 0 Å². The largest absolute Gasteiger partial charge is 0.490 e. The summed E-state index contributed by atoms with van der Waals surface area (Å²) in [5, 5.41) is 2.94. The maximum absolute atomic E-state index is 11.9. The van der Waals surface area contributed by atoms with E-state index in [1.54, 1.807) is 26.0 Å². The van der Waals surface area contributed by atoms with E-state index in [4.69, 9.17) is 4.74 Å². The Labute approximate surface area is 168 Å². The van der Waals surface area contributed by atoms with E-state index in [1.165, 1.54) is 19.3 Å². The van der Waals surface area contributed by atoms with E-state index in [2.05, 4.69) is 10.0 Å². The van der Waals surface area contributed by atoms with Gasteiger partial charge in [0.15, 0.2) is 0 Å². The van der Waals surface area contributed by atoms with Crippen molar-refractivity contribution in [3.63, 3.8) is 0 Å². The van der Waals surface area contributed by atoms with Crippen molar-refractivity contribution in [1.29, 1.82) is 0 Å². The third-order valence-electron chi connectivity index (χ3n) is 5.02. The fourth-order valence-electron chi connectivity index (χ4n) is 3.23. The van der Waals surface area contributed by atoms with Crippen molar-refractivity contribution in [2.24, 2.45) is 0 Å². The van der Waals surface area contributed by atoms with Gasteiger partial charge in [0.05, 0.1) is 11.4 Å². The van der Waals surface area contributed by atoms with Gasteiger partial charge in [-0.15, -0.1) is 0 Å². The molecule has 0 saturated heterocycles. The monoisotopic (exact) mass is 402 g/mol. The zero-order valence-electron chi connectivity index (χ0n) is 16.6. The number of hydrogen-bond donors (Lipinski definition) is 2. The quantitative estimate of drug-likeness (QED) is 0.640. The summed E-state index contributed by atoms with van der Waals surface area (Å²) in [6.45, 7) is 3.98. The highest BCUT2D eigenvalue weighted by molar-refractivity contribution is 7.93. The Kier molecular flexibility index (Phi) is 6.83. The lowest BCUT2D eigenvalue weighted by molar-refractivity contribution is 0.155. The molecule has 0 amide bonds. The molecule has 0 bridgehead atoms. The van der Waals surface area contributed by atoms with Crippen LogP contribution in [0.15, 0.2) is 48.5 Å². The summed E-state index contributed by atoms with van der Waals surface area (Å²) in [5.41, 5.74) is 2.67. The number of sulfonamides is 1. The second-order valence-electron chi connectivity index (χ2n) is 7.65. The first-order valence-corrected chi connectivity index (χ1v) is 11.6. The predicted molar refractivity (Wildman–Crippen MR) is 115 cm³/mol. The molecule has 0 radical (unpaired) electrons. The number of rotatable bonds is 8. The normalized spacial score (nSPS) is 15.4. The van der Waals surface area contributed by atoms with Crippen LogP contribution >= 0.6 is 0 Å². The molecule has 0 atom stereocenters. The highest BCUT2D eigenvalue weighted by Crippen LogP contribution is 2.25. The highest BCUT2D eigenvalue weighted by Gasteiger charge is 2.16. The van der Waals surface area contributed by atoms with Crippen molar-refractivity contribution >= 4 is 21.4 Å². The van der Waals surface area contributed by atoms with Gasteiger partial charge in [0.1, 0.15) is 5.75 Å². The minimum absolute atomic E-state index is 0.339. The van der Waals surface area contributed by atoms with Gasteiger partial charge in [0.2, 0.25) is 10.0 Å². The topological polar surface area (TPSA) is 67.4 Å². The van der Waals surface area contributed by atoms with Gasteiger partial charge in [-0.3, -0.25) is 4.72 Å². The SMILES string of the molecule is CC(C)S(=O)(=O)Nc1ccc(CNc2cccc(OC3CCCCC3)c2)cc1. The highest BCUT2D eigenvalue weighted by atomic mass is 32.2. The van der Waals surface area contributed by atoms with Crippen molar-refractivity contribution in [1.82, 2.24) is 0 Å². The van der Waals surface area contributed by atoms with Crippen molar-refractivity contribution in [3.8, 4) is 5.75 Å². The number of benzene rings is 2. The molecule has 1 fully saturated rings. The molecule has 1 saturated carbocycles. The second-order valence-corrected chi connectivity index (χ2v) is 9.89. The molecular formula is C22H30N2O3S. The Bertz CT molecular complexity index is 858. The Morgan fingerprint density at radius 3 is 2.39 bits per heavy atom. The van der Waals surface area contributed by atoms with Crippen LogP contribution in [-0.2, 0) is 16.6 Å². The Balaban J connectivity index is 1.54.